The lowest BCUT2D eigenvalue weighted by Gasteiger charge is -2.09. The molecule has 2 rings (SSSR count). The molecule has 2 N–H and O–H groups in total. The van der Waals surface area contributed by atoms with E-state index < -0.39 is 22.4 Å². The van der Waals surface area contributed by atoms with Gasteiger partial charge in [-0.05, 0) is 34.9 Å². The average Bonchev–Trinajstić information content (AvgIpc) is 2.77. The normalized spacial score (nSPS) is 20.5. The molecule has 0 atom stereocenters. The number of sulfonamides is 1. The van der Waals surface area contributed by atoms with Gasteiger partial charge in [-0.15, -0.1) is 0 Å². The van der Waals surface area contributed by atoms with Crippen LogP contribution in [0.5, 0.6) is 0 Å². The van der Waals surface area contributed by atoms with Crippen molar-refractivity contribution >= 4 is 10.0 Å². The molecule has 1 fully saturated rings. The predicted molar refractivity (Wildman–Crippen MR) is 78.6 cm³/mol. The van der Waals surface area contributed by atoms with Gasteiger partial charge in [-0.3, -0.25) is 0 Å². The lowest BCUT2D eigenvalue weighted by atomic mass is 10.0. The molecule has 0 radical (unpaired) electrons. The lowest BCUT2D eigenvalue weighted by molar-refractivity contribution is 0.275. The van der Waals surface area contributed by atoms with Crippen LogP contribution in [0.2, 0.25) is 0 Å². The molecule has 0 aliphatic heterocycles. The SMILES string of the molecule is CC1(C)C(CNS(=O)(=O)c2ccc(F)c(CO)c2)C1(C)C. The third kappa shape index (κ3) is 2.72. The highest BCUT2D eigenvalue weighted by molar-refractivity contribution is 7.89. The van der Waals surface area contributed by atoms with Gasteiger partial charge in [0.2, 0.25) is 10.0 Å². The largest absolute Gasteiger partial charge is 0.392 e. The molecule has 1 aromatic rings. The van der Waals surface area contributed by atoms with Gasteiger partial charge in [0.15, 0.2) is 0 Å². The Labute approximate surface area is 125 Å². The number of hydrogen-bond donors (Lipinski definition) is 2. The van der Waals surface area contributed by atoms with Crippen molar-refractivity contribution in [1.29, 1.82) is 0 Å². The molecule has 0 aromatic heterocycles. The molecular weight excluding hydrogens is 293 g/mol. The number of rotatable bonds is 5. The van der Waals surface area contributed by atoms with E-state index in [0.717, 1.165) is 6.07 Å². The maximum Gasteiger partial charge on any atom is 0.240 e. The second-order valence-electron chi connectivity index (χ2n) is 6.76. The van der Waals surface area contributed by atoms with Crippen LogP contribution < -0.4 is 4.72 Å². The van der Waals surface area contributed by atoms with Crippen LogP contribution in [-0.4, -0.2) is 20.1 Å². The predicted octanol–water partition coefficient (Wildman–Crippen LogP) is 2.28. The molecule has 0 amide bonds. The molecule has 4 nitrogen and oxygen atoms in total. The van der Waals surface area contributed by atoms with Crippen molar-refractivity contribution in [3.63, 3.8) is 0 Å². The molecular formula is C15H22FNO3S. The zero-order valence-electron chi connectivity index (χ0n) is 12.8. The highest BCUT2D eigenvalue weighted by Crippen LogP contribution is 2.67. The van der Waals surface area contributed by atoms with Gasteiger partial charge in [0.05, 0.1) is 11.5 Å². The fourth-order valence-corrected chi connectivity index (χ4v) is 4.06. The van der Waals surface area contributed by atoms with Crippen LogP contribution in [-0.2, 0) is 16.6 Å². The Kier molecular flexibility index (Phi) is 3.93. The first-order chi connectivity index (χ1) is 9.54. The van der Waals surface area contributed by atoms with Gasteiger partial charge in [0.25, 0.3) is 0 Å². The highest BCUT2D eigenvalue weighted by Gasteiger charge is 2.64. The van der Waals surface area contributed by atoms with Crippen molar-refractivity contribution in [3.05, 3.63) is 29.6 Å². The Morgan fingerprint density at radius 2 is 1.81 bits per heavy atom. The monoisotopic (exact) mass is 315 g/mol. The van der Waals surface area contributed by atoms with Crippen LogP contribution in [0.25, 0.3) is 0 Å². The smallest absolute Gasteiger partial charge is 0.240 e. The Morgan fingerprint density at radius 1 is 1.24 bits per heavy atom. The topological polar surface area (TPSA) is 66.4 Å². The van der Waals surface area contributed by atoms with Crippen molar-refractivity contribution in [2.24, 2.45) is 16.7 Å². The second-order valence-corrected chi connectivity index (χ2v) is 8.53. The fourth-order valence-electron chi connectivity index (χ4n) is 2.96. The molecule has 0 saturated heterocycles. The minimum absolute atomic E-state index is 0.0232. The van der Waals surface area contributed by atoms with E-state index >= 15 is 0 Å². The molecule has 21 heavy (non-hydrogen) atoms. The van der Waals surface area contributed by atoms with Crippen LogP contribution in [0, 0.1) is 22.6 Å². The molecule has 1 aliphatic rings. The van der Waals surface area contributed by atoms with Gasteiger partial charge < -0.3 is 5.11 Å². The Bertz CT molecular complexity index is 639. The number of aliphatic hydroxyl groups is 1. The standard InChI is InChI=1S/C15H22FNO3S/c1-14(2)13(15(14,3)4)8-17-21(19,20)11-5-6-12(16)10(7-11)9-18/h5-7,13,17-18H,8-9H2,1-4H3. The lowest BCUT2D eigenvalue weighted by Crippen LogP contribution is -2.27. The first-order valence-electron chi connectivity index (χ1n) is 6.93. The van der Waals surface area contributed by atoms with Crippen LogP contribution in [0.3, 0.4) is 0 Å². The number of benzene rings is 1. The quantitative estimate of drug-likeness (QED) is 0.876. The van der Waals surface area contributed by atoms with Crippen LogP contribution in [0.1, 0.15) is 33.3 Å². The van der Waals surface area contributed by atoms with Gasteiger partial charge in [-0.1, -0.05) is 27.7 Å². The van der Waals surface area contributed by atoms with E-state index in [1.54, 1.807) is 0 Å². The van der Waals surface area contributed by atoms with E-state index in [4.69, 9.17) is 5.11 Å². The van der Waals surface area contributed by atoms with Gasteiger partial charge in [0.1, 0.15) is 5.82 Å². The van der Waals surface area contributed by atoms with Gasteiger partial charge in [0, 0.05) is 12.1 Å². The van der Waals surface area contributed by atoms with E-state index in [-0.39, 0.29) is 27.2 Å². The van der Waals surface area contributed by atoms with E-state index in [0.29, 0.717) is 6.54 Å². The summed E-state index contributed by atoms with van der Waals surface area (Å²) in [5.74, 6) is -0.349. The van der Waals surface area contributed by atoms with Crippen molar-refractivity contribution < 1.29 is 17.9 Å². The Balaban J connectivity index is 2.13. The van der Waals surface area contributed by atoms with Crippen LogP contribution >= 0.6 is 0 Å². The average molecular weight is 315 g/mol. The molecule has 0 spiro atoms. The third-order valence-corrected chi connectivity index (χ3v) is 6.72. The van der Waals surface area contributed by atoms with Gasteiger partial charge in [-0.25, -0.2) is 17.5 Å². The van der Waals surface area contributed by atoms with E-state index in [9.17, 15) is 12.8 Å². The summed E-state index contributed by atoms with van der Waals surface area (Å²) in [7, 11) is -3.69. The number of halogens is 1. The van der Waals surface area contributed by atoms with E-state index in [1.807, 2.05) is 0 Å². The van der Waals surface area contributed by atoms with Crippen LogP contribution in [0.15, 0.2) is 23.1 Å². The van der Waals surface area contributed by atoms with Crippen molar-refractivity contribution in [2.75, 3.05) is 6.54 Å². The first-order valence-corrected chi connectivity index (χ1v) is 8.41. The molecule has 1 aliphatic carbocycles. The summed E-state index contributed by atoms with van der Waals surface area (Å²) in [6.07, 6.45) is 0. The summed E-state index contributed by atoms with van der Waals surface area (Å²) in [5.41, 5.74) is 0.160. The minimum atomic E-state index is -3.69. The molecule has 1 aromatic carbocycles. The number of nitrogens with one attached hydrogen (secondary N) is 1. The summed E-state index contributed by atoms with van der Waals surface area (Å²) in [4.78, 5) is -0.0239. The summed E-state index contributed by atoms with van der Waals surface area (Å²) in [6.45, 7) is 8.30. The molecule has 0 bridgehead atoms. The Morgan fingerprint density at radius 3 is 2.29 bits per heavy atom. The van der Waals surface area contributed by atoms with Gasteiger partial charge >= 0.3 is 0 Å². The summed E-state index contributed by atoms with van der Waals surface area (Å²) in [6, 6.07) is 3.44. The molecule has 0 unspecified atom stereocenters. The zero-order chi connectivity index (χ0) is 16.1. The molecule has 118 valence electrons. The zero-order valence-corrected chi connectivity index (χ0v) is 13.6. The Hall–Kier alpha value is -0.980. The minimum Gasteiger partial charge on any atom is -0.392 e. The second kappa shape index (κ2) is 5.04. The molecule has 0 heterocycles. The van der Waals surface area contributed by atoms with Crippen molar-refractivity contribution in [1.82, 2.24) is 4.72 Å². The van der Waals surface area contributed by atoms with E-state index in [1.165, 1.54) is 12.1 Å². The summed E-state index contributed by atoms with van der Waals surface area (Å²) in [5, 5.41) is 9.02. The maximum atomic E-state index is 13.3. The first kappa shape index (κ1) is 16.4. The van der Waals surface area contributed by atoms with E-state index in [2.05, 4.69) is 32.4 Å². The maximum absolute atomic E-state index is 13.3. The third-order valence-electron chi connectivity index (χ3n) is 5.29. The summed E-state index contributed by atoms with van der Waals surface area (Å²) >= 11 is 0. The van der Waals surface area contributed by atoms with Crippen molar-refractivity contribution in [2.45, 2.75) is 39.2 Å². The number of hydrogen-bond acceptors (Lipinski definition) is 3. The van der Waals surface area contributed by atoms with Gasteiger partial charge in [-0.2, -0.15) is 0 Å². The van der Waals surface area contributed by atoms with Crippen LogP contribution in [0.4, 0.5) is 4.39 Å². The highest BCUT2D eigenvalue weighted by atomic mass is 32.2. The molecule has 1 saturated carbocycles. The van der Waals surface area contributed by atoms with Crippen molar-refractivity contribution in [3.8, 4) is 0 Å². The fraction of sp³-hybridized carbons (Fsp3) is 0.600. The summed E-state index contributed by atoms with van der Waals surface area (Å²) < 4.78 is 40.4. The number of aliphatic hydroxyl groups excluding tert-OH is 1. The molecule has 6 heteroatoms.